The van der Waals surface area contributed by atoms with Crippen LogP contribution in [0.5, 0.6) is 0 Å². The third-order valence-corrected chi connectivity index (χ3v) is 12.0. The SMILES string of the molecule is COC(=O)NC(C(=O)N1CCCC1c1ncc(-c2ccc(C#Cc3ccc(-c4cnc(C5N(C(=O)C(NC(=O)OC)C(C)C)CSC5(C)C)[nH]4)cc3)cc2)[nH]1)C(C)C. The Hall–Kier alpha value is -5.75. The van der Waals surface area contributed by atoms with Gasteiger partial charge in [0.25, 0.3) is 0 Å². The van der Waals surface area contributed by atoms with Crippen LogP contribution in [0.25, 0.3) is 22.5 Å². The first-order chi connectivity index (χ1) is 27.7. The molecule has 15 heteroatoms. The summed E-state index contributed by atoms with van der Waals surface area (Å²) >= 11 is 1.67. The number of nitrogens with zero attached hydrogens (tertiary/aromatic N) is 4. The molecule has 4 heterocycles. The third kappa shape index (κ3) is 9.18. The van der Waals surface area contributed by atoms with E-state index in [1.807, 2.05) is 76.2 Å². The predicted molar refractivity (Wildman–Crippen MR) is 222 cm³/mol. The maximum Gasteiger partial charge on any atom is 0.407 e. The fourth-order valence-electron chi connectivity index (χ4n) is 7.39. The summed E-state index contributed by atoms with van der Waals surface area (Å²) in [6.07, 6.45) is 3.91. The molecular weight excluding hydrogens is 757 g/mol. The number of hydrogen-bond acceptors (Lipinski definition) is 9. The molecule has 2 fully saturated rings. The van der Waals surface area contributed by atoms with Gasteiger partial charge in [-0.1, -0.05) is 63.8 Å². The van der Waals surface area contributed by atoms with Crippen LogP contribution in [-0.2, 0) is 19.1 Å². The minimum Gasteiger partial charge on any atom is -0.453 e. The highest BCUT2D eigenvalue weighted by atomic mass is 32.2. The minimum atomic E-state index is -0.730. The smallest absolute Gasteiger partial charge is 0.407 e. The number of likely N-dealkylation sites (tertiary alicyclic amines) is 1. The average molecular weight is 809 g/mol. The van der Waals surface area contributed by atoms with E-state index in [1.165, 1.54) is 14.2 Å². The second-order valence-corrected chi connectivity index (χ2v) is 17.4. The van der Waals surface area contributed by atoms with Gasteiger partial charge in [0.1, 0.15) is 29.8 Å². The van der Waals surface area contributed by atoms with E-state index in [0.29, 0.717) is 24.1 Å². The summed E-state index contributed by atoms with van der Waals surface area (Å²) in [5, 5.41) is 5.39. The van der Waals surface area contributed by atoms with Crippen LogP contribution in [0, 0.1) is 23.7 Å². The number of amides is 4. The second-order valence-electron chi connectivity index (χ2n) is 15.8. The lowest BCUT2D eigenvalue weighted by Crippen LogP contribution is -2.52. The maximum atomic E-state index is 13.8. The predicted octanol–water partition coefficient (Wildman–Crippen LogP) is 6.64. The van der Waals surface area contributed by atoms with Gasteiger partial charge in [0.15, 0.2) is 0 Å². The Bertz CT molecular complexity index is 2170. The van der Waals surface area contributed by atoms with Gasteiger partial charge in [-0.05, 0) is 73.9 Å². The van der Waals surface area contributed by atoms with Gasteiger partial charge in [-0.2, -0.15) is 0 Å². The number of aromatic amines is 2. The van der Waals surface area contributed by atoms with E-state index < -0.39 is 24.3 Å². The van der Waals surface area contributed by atoms with Gasteiger partial charge in [0, 0.05) is 22.4 Å². The Morgan fingerprint density at radius 1 is 0.759 bits per heavy atom. The number of rotatable bonds is 10. The molecule has 6 rings (SSSR count). The maximum absolute atomic E-state index is 13.8. The minimum absolute atomic E-state index is 0.109. The highest BCUT2D eigenvalue weighted by Gasteiger charge is 2.48. The number of H-pyrrole nitrogens is 2. The lowest BCUT2D eigenvalue weighted by molar-refractivity contribution is -0.136. The van der Waals surface area contributed by atoms with Crippen LogP contribution in [-0.4, -0.2) is 97.2 Å². The summed E-state index contributed by atoms with van der Waals surface area (Å²) in [6, 6.07) is 13.9. The molecule has 4 N–H and O–H groups in total. The Morgan fingerprint density at radius 3 is 1.71 bits per heavy atom. The van der Waals surface area contributed by atoms with Crippen LogP contribution in [0.3, 0.4) is 0 Å². The number of hydrogen-bond donors (Lipinski definition) is 4. The molecule has 4 aromatic rings. The van der Waals surface area contributed by atoms with Gasteiger partial charge < -0.3 is 39.9 Å². The molecule has 2 aromatic carbocycles. The topological polar surface area (TPSA) is 175 Å². The number of nitrogens with one attached hydrogen (secondary N) is 4. The number of thioether (sulfide) groups is 1. The second kappa shape index (κ2) is 17.8. The molecule has 2 aromatic heterocycles. The van der Waals surface area contributed by atoms with Crippen molar-refractivity contribution in [3.05, 3.63) is 83.7 Å². The third-order valence-electron chi connectivity index (χ3n) is 10.7. The average Bonchev–Trinajstić information content (AvgIpc) is 4.04. The molecule has 2 aliphatic rings. The van der Waals surface area contributed by atoms with Gasteiger partial charge in [-0.3, -0.25) is 9.59 Å². The molecule has 0 spiro atoms. The van der Waals surface area contributed by atoms with Crippen molar-refractivity contribution in [2.75, 3.05) is 26.6 Å². The Balaban J connectivity index is 1.10. The molecule has 0 radical (unpaired) electrons. The highest BCUT2D eigenvalue weighted by Crippen LogP contribution is 2.48. The molecule has 0 aliphatic carbocycles. The van der Waals surface area contributed by atoms with Gasteiger partial charge in [-0.25, -0.2) is 19.6 Å². The zero-order chi connectivity index (χ0) is 41.7. The Labute approximate surface area is 343 Å². The Kier molecular flexibility index (Phi) is 12.9. The number of ether oxygens (including phenoxy) is 2. The van der Waals surface area contributed by atoms with Crippen LogP contribution in [0.4, 0.5) is 9.59 Å². The zero-order valence-corrected chi connectivity index (χ0v) is 35.0. The molecule has 4 atom stereocenters. The van der Waals surface area contributed by atoms with Crippen molar-refractivity contribution in [2.45, 2.75) is 83.3 Å². The summed E-state index contributed by atoms with van der Waals surface area (Å²) in [5.74, 6) is 7.79. The molecule has 306 valence electrons. The van der Waals surface area contributed by atoms with E-state index in [1.54, 1.807) is 34.0 Å². The molecular formula is C43H52N8O6S. The first-order valence-electron chi connectivity index (χ1n) is 19.5. The summed E-state index contributed by atoms with van der Waals surface area (Å²) in [7, 11) is 2.57. The zero-order valence-electron chi connectivity index (χ0n) is 34.2. The van der Waals surface area contributed by atoms with E-state index in [2.05, 4.69) is 51.3 Å². The van der Waals surface area contributed by atoms with Crippen molar-refractivity contribution in [3.8, 4) is 34.4 Å². The molecule has 0 saturated carbocycles. The fourth-order valence-corrected chi connectivity index (χ4v) is 8.53. The van der Waals surface area contributed by atoms with Crippen LogP contribution in [0.2, 0.25) is 0 Å². The number of carbonyl (C=O) groups excluding carboxylic acids is 4. The molecule has 58 heavy (non-hydrogen) atoms. The van der Waals surface area contributed by atoms with Gasteiger partial charge >= 0.3 is 12.2 Å². The molecule has 2 saturated heterocycles. The van der Waals surface area contributed by atoms with Crippen molar-refractivity contribution in [1.82, 2.24) is 40.4 Å². The molecule has 2 aliphatic heterocycles. The Morgan fingerprint density at radius 2 is 1.22 bits per heavy atom. The highest BCUT2D eigenvalue weighted by molar-refractivity contribution is 8.00. The summed E-state index contributed by atoms with van der Waals surface area (Å²) < 4.78 is 9.21. The van der Waals surface area contributed by atoms with Crippen LogP contribution < -0.4 is 10.6 Å². The largest absolute Gasteiger partial charge is 0.453 e. The van der Waals surface area contributed by atoms with E-state index in [9.17, 15) is 19.2 Å². The monoisotopic (exact) mass is 808 g/mol. The number of benzene rings is 2. The van der Waals surface area contributed by atoms with Crippen LogP contribution in [0.15, 0.2) is 60.9 Å². The van der Waals surface area contributed by atoms with E-state index >= 15 is 0 Å². The quantitative estimate of drug-likeness (QED) is 0.128. The molecule has 14 nitrogen and oxygen atoms in total. The fraction of sp³-hybridized carbons (Fsp3) is 0.442. The van der Waals surface area contributed by atoms with Crippen LogP contribution in [0.1, 0.15) is 89.2 Å². The van der Waals surface area contributed by atoms with Gasteiger partial charge in [-0.15, -0.1) is 11.8 Å². The summed E-state index contributed by atoms with van der Waals surface area (Å²) in [4.78, 5) is 71.1. The lowest BCUT2D eigenvalue weighted by Gasteiger charge is -2.33. The van der Waals surface area contributed by atoms with E-state index in [-0.39, 0.29) is 40.5 Å². The molecule has 0 bridgehead atoms. The van der Waals surface area contributed by atoms with Crippen molar-refractivity contribution >= 4 is 35.8 Å². The van der Waals surface area contributed by atoms with Gasteiger partial charge in [0.05, 0.1) is 49.9 Å². The summed E-state index contributed by atoms with van der Waals surface area (Å²) in [5.41, 5.74) is 5.25. The number of imidazole rings is 2. The number of methoxy groups -OCH3 is 2. The number of aromatic nitrogens is 4. The van der Waals surface area contributed by atoms with Gasteiger partial charge in [0.2, 0.25) is 11.8 Å². The first kappa shape index (κ1) is 41.9. The lowest BCUT2D eigenvalue weighted by atomic mass is 9.97. The van der Waals surface area contributed by atoms with Crippen molar-refractivity contribution in [1.29, 1.82) is 0 Å². The van der Waals surface area contributed by atoms with E-state index in [0.717, 1.165) is 46.5 Å². The number of alkyl carbamates (subject to hydrolysis) is 2. The van der Waals surface area contributed by atoms with Crippen molar-refractivity contribution < 1.29 is 28.7 Å². The van der Waals surface area contributed by atoms with Crippen LogP contribution >= 0.6 is 11.8 Å². The van der Waals surface area contributed by atoms with Crippen molar-refractivity contribution in [2.24, 2.45) is 11.8 Å². The normalized spacial score (nSPS) is 18.4. The van der Waals surface area contributed by atoms with E-state index in [4.69, 9.17) is 14.5 Å². The van der Waals surface area contributed by atoms with Crippen molar-refractivity contribution in [3.63, 3.8) is 0 Å². The molecule has 4 amide bonds. The summed E-state index contributed by atoms with van der Waals surface area (Å²) in [6.45, 7) is 12.4. The standard InChI is InChI=1S/C43H52N8O6S/c1-25(2)34(48-41(54)56-7)39(52)50-21-9-10-33(50)37-44-22-31(46-37)29-17-13-27(14-18-29)11-12-28-15-19-30(20-16-28)32-23-45-38(47-32)36-43(5,6)58-24-51(36)40(53)35(26(3)4)49-42(55)57-8/h13-20,22-23,25-26,33-36H,9-10,21,24H2,1-8H3,(H,44,46)(H,45,47)(H,48,54)(H,49,55). The first-order valence-corrected chi connectivity index (χ1v) is 20.5. The number of carbonyl (C=O) groups is 4. The molecule has 4 unspecified atom stereocenters.